The van der Waals surface area contributed by atoms with Gasteiger partial charge in [-0.1, -0.05) is 0 Å². The summed E-state index contributed by atoms with van der Waals surface area (Å²) in [6.45, 7) is 3.08. The van der Waals surface area contributed by atoms with Crippen molar-refractivity contribution in [1.82, 2.24) is 4.98 Å². The highest BCUT2D eigenvalue weighted by atomic mass is 16.5. The monoisotopic (exact) mass is 308 g/mol. The van der Waals surface area contributed by atoms with Crippen LogP contribution < -0.4 is 10.2 Å². The molecule has 1 fully saturated rings. The van der Waals surface area contributed by atoms with E-state index in [0.29, 0.717) is 30.2 Å². The van der Waals surface area contributed by atoms with Gasteiger partial charge in [0.1, 0.15) is 5.69 Å². The van der Waals surface area contributed by atoms with Crippen LogP contribution in [0, 0.1) is 11.3 Å². The number of carbonyl (C=O) groups is 1. The molecule has 0 unspecified atom stereocenters. The van der Waals surface area contributed by atoms with Crippen molar-refractivity contribution in [2.24, 2.45) is 0 Å². The maximum Gasteiger partial charge on any atom is 0.274 e. The SMILES string of the molecule is N#Cc1ccc(NC(=O)c2ccc(N3CCOCC3)cn2)cc1. The van der Waals surface area contributed by atoms with Crippen molar-refractivity contribution in [3.63, 3.8) is 0 Å². The minimum Gasteiger partial charge on any atom is -0.378 e. The molecule has 0 spiro atoms. The highest BCUT2D eigenvalue weighted by molar-refractivity contribution is 6.02. The average Bonchev–Trinajstić information content (AvgIpc) is 2.63. The van der Waals surface area contributed by atoms with Gasteiger partial charge in [-0.15, -0.1) is 0 Å². The summed E-state index contributed by atoms with van der Waals surface area (Å²) in [5.41, 5.74) is 2.53. The van der Waals surface area contributed by atoms with Gasteiger partial charge in [0.05, 0.1) is 36.7 Å². The summed E-state index contributed by atoms with van der Waals surface area (Å²) < 4.78 is 5.32. The molecule has 6 nitrogen and oxygen atoms in total. The second-order valence-electron chi connectivity index (χ2n) is 5.14. The van der Waals surface area contributed by atoms with Gasteiger partial charge in [-0.05, 0) is 36.4 Å². The molecule has 3 rings (SSSR count). The average molecular weight is 308 g/mol. The van der Waals surface area contributed by atoms with E-state index in [4.69, 9.17) is 10.00 Å². The molecule has 0 saturated carbocycles. The Bertz CT molecular complexity index is 714. The Balaban J connectivity index is 1.66. The highest BCUT2D eigenvalue weighted by Crippen LogP contribution is 2.16. The third-order valence-corrected chi connectivity index (χ3v) is 3.63. The molecule has 1 aromatic heterocycles. The van der Waals surface area contributed by atoms with Gasteiger partial charge in [0, 0.05) is 18.8 Å². The number of aromatic nitrogens is 1. The van der Waals surface area contributed by atoms with E-state index in [1.807, 2.05) is 12.1 Å². The second kappa shape index (κ2) is 6.90. The summed E-state index contributed by atoms with van der Waals surface area (Å²) in [6.07, 6.45) is 1.71. The van der Waals surface area contributed by atoms with Crippen LogP contribution in [0.5, 0.6) is 0 Å². The fourth-order valence-electron chi connectivity index (χ4n) is 2.35. The third-order valence-electron chi connectivity index (χ3n) is 3.63. The van der Waals surface area contributed by atoms with Crippen LogP contribution >= 0.6 is 0 Å². The topological polar surface area (TPSA) is 78.2 Å². The Morgan fingerprint density at radius 3 is 2.52 bits per heavy atom. The quantitative estimate of drug-likeness (QED) is 0.939. The molecule has 1 aromatic carbocycles. The van der Waals surface area contributed by atoms with Crippen LogP contribution in [0.15, 0.2) is 42.6 Å². The summed E-state index contributed by atoms with van der Waals surface area (Å²) in [5, 5.41) is 11.5. The smallest absolute Gasteiger partial charge is 0.274 e. The van der Waals surface area contributed by atoms with Gasteiger partial charge in [-0.25, -0.2) is 4.98 Å². The number of hydrogen-bond acceptors (Lipinski definition) is 5. The van der Waals surface area contributed by atoms with E-state index in [2.05, 4.69) is 15.2 Å². The van der Waals surface area contributed by atoms with Gasteiger partial charge in [-0.2, -0.15) is 5.26 Å². The van der Waals surface area contributed by atoms with Crippen LogP contribution in [0.3, 0.4) is 0 Å². The minimum absolute atomic E-state index is 0.275. The van der Waals surface area contributed by atoms with Crippen molar-refractivity contribution >= 4 is 17.3 Å². The lowest BCUT2D eigenvalue weighted by Crippen LogP contribution is -2.36. The summed E-state index contributed by atoms with van der Waals surface area (Å²) in [7, 11) is 0. The number of nitriles is 1. The van der Waals surface area contributed by atoms with Crippen molar-refractivity contribution in [3.05, 3.63) is 53.9 Å². The lowest BCUT2D eigenvalue weighted by atomic mass is 10.2. The van der Waals surface area contributed by atoms with Crippen molar-refractivity contribution in [2.75, 3.05) is 36.5 Å². The molecule has 0 aliphatic carbocycles. The molecule has 0 bridgehead atoms. The molecule has 6 heteroatoms. The first-order valence-electron chi connectivity index (χ1n) is 7.36. The fraction of sp³-hybridized carbons (Fsp3) is 0.235. The number of nitrogens with one attached hydrogen (secondary N) is 1. The van der Waals surface area contributed by atoms with E-state index in [1.54, 1.807) is 36.5 Å². The predicted octanol–water partition coefficient (Wildman–Crippen LogP) is 2.04. The normalized spacial score (nSPS) is 14.1. The van der Waals surface area contributed by atoms with Crippen molar-refractivity contribution in [3.8, 4) is 6.07 Å². The zero-order valence-corrected chi connectivity index (χ0v) is 12.5. The molecule has 1 aliphatic heterocycles. The number of pyridine rings is 1. The molecule has 1 N–H and O–H groups in total. The maximum absolute atomic E-state index is 12.2. The molecular weight excluding hydrogens is 292 g/mol. The Labute approximate surface area is 134 Å². The molecule has 1 aliphatic rings. The molecule has 2 aromatic rings. The van der Waals surface area contributed by atoms with Crippen LogP contribution in [0.2, 0.25) is 0 Å². The number of amides is 1. The highest BCUT2D eigenvalue weighted by Gasteiger charge is 2.13. The van der Waals surface area contributed by atoms with Crippen molar-refractivity contribution < 1.29 is 9.53 Å². The molecule has 1 saturated heterocycles. The Kier molecular flexibility index (Phi) is 4.50. The number of benzene rings is 1. The van der Waals surface area contributed by atoms with Crippen LogP contribution in [-0.2, 0) is 4.74 Å². The number of hydrogen-bond donors (Lipinski definition) is 1. The summed E-state index contributed by atoms with van der Waals surface area (Å²) in [5.74, 6) is -0.275. The third kappa shape index (κ3) is 3.65. The summed E-state index contributed by atoms with van der Waals surface area (Å²) >= 11 is 0. The fourth-order valence-corrected chi connectivity index (χ4v) is 2.35. The molecule has 2 heterocycles. The lowest BCUT2D eigenvalue weighted by Gasteiger charge is -2.28. The van der Waals surface area contributed by atoms with Gasteiger partial charge in [0.2, 0.25) is 0 Å². The Morgan fingerprint density at radius 1 is 1.17 bits per heavy atom. The number of carbonyl (C=O) groups excluding carboxylic acids is 1. The van der Waals surface area contributed by atoms with Crippen molar-refractivity contribution in [1.29, 1.82) is 5.26 Å². The van der Waals surface area contributed by atoms with Gasteiger partial charge in [0.15, 0.2) is 0 Å². The van der Waals surface area contributed by atoms with Crippen LogP contribution in [0.1, 0.15) is 16.1 Å². The lowest BCUT2D eigenvalue weighted by molar-refractivity contribution is 0.102. The second-order valence-corrected chi connectivity index (χ2v) is 5.14. The van der Waals surface area contributed by atoms with Gasteiger partial charge >= 0.3 is 0 Å². The first kappa shape index (κ1) is 15.0. The minimum atomic E-state index is -0.275. The Morgan fingerprint density at radius 2 is 1.91 bits per heavy atom. The standard InChI is InChI=1S/C17H16N4O2/c18-11-13-1-3-14(4-2-13)20-17(22)16-6-5-15(12-19-16)21-7-9-23-10-8-21/h1-6,12H,7-10H2,(H,20,22). The van der Waals surface area contributed by atoms with Crippen LogP contribution in [0.25, 0.3) is 0 Å². The molecule has 23 heavy (non-hydrogen) atoms. The van der Waals surface area contributed by atoms with Gasteiger partial charge < -0.3 is 15.0 Å². The molecular formula is C17H16N4O2. The molecule has 116 valence electrons. The van der Waals surface area contributed by atoms with E-state index in [0.717, 1.165) is 18.8 Å². The van der Waals surface area contributed by atoms with E-state index in [1.165, 1.54) is 0 Å². The number of anilines is 2. The Hall–Kier alpha value is -2.91. The van der Waals surface area contributed by atoms with Crippen LogP contribution in [-0.4, -0.2) is 37.2 Å². The summed E-state index contributed by atoms with van der Waals surface area (Å²) in [4.78, 5) is 18.6. The molecule has 0 radical (unpaired) electrons. The largest absolute Gasteiger partial charge is 0.378 e. The first-order valence-corrected chi connectivity index (χ1v) is 7.36. The number of ether oxygens (including phenoxy) is 1. The number of morpholine rings is 1. The summed E-state index contributed by atoms with van der Waals surface area (Å²) in [6, 6.07) is 12.3. The van der Waals surface area contributed by atoms with E-state index in [-0.39, 0.29) is 5.91 Å². The van der Waals surface area contributed by atoms with Crippen molar-refractivity contribution in [2.45, 2.75) is 0 Å². The number of nitrogens with zero attached hydrogens (tertiary/aromatic N) is 3. The van der Waals surface area contributed by atoms with E-state index < -0.39 is 0 Å². The van der Waals surface area contributed by atoms with Gasteiger partial charge in [0.25, 0.3) is 5.91 Å². The van der Waals surface area contributed by atoms with E-state index >= 15 is 0 Å². The number of rotatable bonds is 3. The maximum atomic E-state index is 12.2. The predicted molar refractivity (Wildman–Crippen MR) is 86.4 cm³/mol. The van der Waals surface area contributed by atoms with Crippen LogP contribution in [0.4, 0.5) is 11.4 Å². The zero-order chi connectivity index (χ0) is 16.1. The van der Waals surface area contributed by atoms with Gasteiger partial charge in [-0.3, -0.25) is 4.79 Å². The first-order chi connectivity index (χ1) is 11.3. The zero-order valence-electron chi connectivity index (χ0n) is 12.5. The molecule has 0 atom stereocenters. The molecule has 1 amide bonds. The van der Waals surface area contributed by atoms with E-state index in [9.17, 15) is 4.79 Å².